The lowest BCUT2D eigenvalue weighted by Gasteiger charge is -2.09. The first-order chi connectivity index (χ1) is 11.4. The molecule has 6 nitrogen and oxygen atoms in total. The normalized spacial score (nSPS) is 10.6. The van der Waals surface area contributed by atoms with Crippen LogP contribution in [0.2, 0.25) is 5.02 Å². The Morgan fingerprint density at radius 2 is 1.88 bits per heavy atom. The van der Waals surface area contributed by atoms with Crippen LogP contribution in [0.25, 0.3) is 10.9 Å². The number of aryl methyl sites for hydroxylation is 1. The number of nitrogens with one attached hydrogen (secondary N) is 1. The molecule has 0 spiro atoms. The van der Waals surface area contributed by atoms with E-state index in [4.69, 9.17) is 11.6 Å². The van der Waals surface area contributed by atoms with E-state index in [-0.39, 0.29) is 11.6 Å². The minimum atomic E-state index is -0.492. The second-order valence-corrected chi connectivity index (χ2v) is 5.65. The number of hydrogen-bond acceptors (Lipinski definition) is 4. The topological polar surface area (TPSA) is 85.1 Å². The molecule has 0 saturated heterocycles. The molecule has 0 aliphatic rings. The average molecular weight is 342 g/mol. The van der Waals surface area contributed by atoms with E-state index in [0.717, 1.165) is 5.39 Å². The molecule has 2 aromatic carbocycles. The first-order valence-corrected chi connectivity index (χ1v) is 7.44. The van der Waals surface area contributed by atoms with Gasteiger partial charge < -0.3 is 5.32 Å². The van der Waals surface area contributed by atoms with Gasteiger partial charge in [-0.1, -0.05) is 17.7 Å². The summed E-state index contributed by atoms with van der Waals surface area (Å²) in [6.07, 6.45) is 0. The number of nitro benzene ring substituents is 1. The van der Waals surface area contributed by atoms with Crippen molar-refractivity contribution in [2.24, 2.45) is 0 Å². The van der Waals surface area contributed by atoms with E-state index < -0.39 is 4.92 Å². The van der Waals surface area contributed by atoms with Crippen LogP contribution in [0.4, 0.5) is 11.4 Å². The van der Waals surface area contributed by atoms with Gasteiger partial charge in [0, 0.05) is 28.2 Å². The smallest absolute Gasteiger partial charge is 0.269 e. The number of non-ortho nitro benzene ring substituents is 1. The Hall–Kier alpha value is -2.99. The number of nitro groups is 1. The van der Waals surface area contributed by atoms with Gasteiger partial charge in [-0.2, -0.15) is 0 Å². The van der Waals surface area contributed by atoms with Crippen LogP contribution in [0.5, 0.6) is 0 Å². The summed E-state index contributed by atoms with van der Waals surface area (Å²) in [5, 5.41) is 14.7. The number of amides is 1. The van der Waals surface area contributed by atoms with Crippen LogP contribution in [0, 0.1) is 17.0 Å². The summed E-state index contributed by atoms with van der Waals surface area (Å²) < 4.78 is 0. The summed E-state index contributed by atoms with van der Waals surface area (Å²) in [5.74, 6) is -0.328. The molecule has 0 radical (unpaired) electrons. The van der Waals surface area contributed by atoms with Crippen molar-refractivity contribution in [3.05, 3.63) is 74.9 Å². The first kappa shape index (κ1) is 15.9. The van der Waals surface area contributed by atoms with Crippen LogP contribution in [-0.4, -0.2) is 15.8 Å². The van der Waals surface area contributed by atoms with Crippen molar-refractivity contribution in [2.75, 3.05) is 5.32 Å². The van der Waals surface area contributed by atoms with Gasteiger partial charge in [-0.25, -0.2) is 0 Å². The molecule has 0 unspecified atom stereocenters. The zero-order valence-corrected chi connectivity index (χ0v) is 13.4. The Morgan fingerprint density at radius 1 is 1.17 bits per heavy atom. The van der Waals surface area contributed by atoms with E-state index in [9.17, 15) is 14.9 Å². The van der Waals surface area contributed by atoms with Crippen LogP contribution in [0.15, 0.2) is 48.5 Å². The number of carbonyl (C=O) groups is 1. The third-order valence-corrected chi connectivity index (χ3v) is 3.79. The molecule has 120 valence electrons. The number of pyridine rings is 1. The van der Waals surface area contributed by atoms with Gasteiger partial charge in [0.1, 0.15) is 0 Å². The van der Waals surface area contributed by atoms with Crippen molar-refractivity contribution in [2.45, 2.75) is 6.92 Å². The number of halogens is 1. The molecule has 0 atom stereocenters. The molecule has 0 saturated carbocycles. The van der Waals surface area contributed by atoms with Crippen molar-refractivity contribution in [3.8, 4) is 0 Å². The third kappa shape index (κ3) is 3.18. The second kappa shape index (κ2) is 6.25. The van der Waals surface area contributed by atoms with Crippen molar-refractivity contribution in [3.63, 3.8) is 0 Å². The van der Waals surface area contributed by atoms with E-state index in [2.05, 4.69) is 10.3 Å². The second-order valence-electron chi connectivity index (χ2n) is 5.22. The standard InChI is InChI=1S/C17H12ClN3O3/c1-10-15(8-11-2-3-12(18)9-16(11)19-10)17(22)20-13-4-6-14(7-5-13)21(23)24/h2-9H,1H3,(H,20,22). The highest BCUT2D eigenvalue weighted by Gasteiger charge is 2.13. The SMILES string of the molecule is Cc1nc2cc(Cl)ccc2cc1C(=O)Nc1ccc([N+](=O)[O-])cc1. The molecule has 0 aliphatic carbocycles. The molecule has 3 rings (SSSR count). The Balaban J connectivity index is 1.89. The van der Waals surface area contributed by atoms with Gasteiger partial charge in [-0.15, -0.1) is 0 Å². The number of benzene rings is 2. The molecule has 3 aromatic rings. The van der Waals surface area contributed by atoms with Crippen LogP contribution in [0.3, 0.4) is 0 Å². The maximum atomic E-state index is 12.5. The van der Waals surface area contributed by atoms with E-state index in [1.165, 1.54) is 24.3 Å². The van der Waals surface area contributed by atoms with Crippen LogP contribution in [-0.2, 0) is 0 Å². The summed E-state index contributed by atoms with van der Waals surface area (Å²) in [6.45, 7) is 1.74. The van der Waals surface area contributed by atoms with Crippen LogP contribution < -0.4 is 5.32 Å². The highest BCUT2D eigenvalue weighted by atomic mass is 35.5. The minimum Gasteiger partial charge on any atom is -0.322 e. The first-order valence-electron chi connectivity index (χ1n) is 7.07. The third-order valence-electron chi connectivity index (χ3n) is 3.55. The van der Waals surface area contributed by atoms with Gasteiger partial charge >= 0.3 is 0 Å². The molecular weight excluding hydrogens is 330 g/mol. The van der Waals surface area contributed by atoms with Gasteiger partial charge in [0.25, 0.3) is 11.6 Å². The van der Waals surface area contributed by atoms with Gasteiger partial charge in [-0.05, 0) is 37.3 Å². The van der Waals surface area contributed by atoms with Crippen molar-refractivity contribution in [1.29, 1.82) is 0 Å². The molecule has 24 heavy (non-hydrogen) atoms. The minimum absolute atomic E-state index is 0.0339. The Kier molecular flexibility index (Phi) is 4.14. The number of anilines is 1. The number of hydrogen-bond donors (Lipinski definition) is 1. The van der Waals surface area contributed by atoms with Gasteiger partial charge in [0.05, 0.1) is 21.7 Å². The quantitative estimate of drug-likeness (QED) is 0.566. The molecular formula is C17H12ClN3O3. The number of nitrogens with zero attached hydrogens (tertiary/aromatic N) is 2. The fraction of sp³-hybridized carbons (Fsp3) is 0.0588. The van der Waals surface area contributed by atoms with Crippen molar-refractivity contribution < 1.29 is 9.72 Å². The number of rotatable bonds is 3. The maximum Gasteiger partial charge on any atom is 0.269 e. The number of aromatic nitrogens is 1. The van der Waals surface area contributed by atoms with Crippen molar-refractivity contribution >= 4 is 39.8 Å². The van der Waals surface area contributed by atoms with Crippen molar-refractivity contribution in [1.82, 2.24) is 4.98 Å². The zero-order valence-electron chi connectivity index (χ0n) is 12.6. The lowest BCUT2D eigenvalue weighted by atomic mass is 10.1. The fourth-order valence-corrected chi connectivity index (χ4v) is 2.50. The Labute approximate surface area is 142 Å². The van der Waals surface area contributed by atoms with E-state index in [1.54, 1.807) is 31.2 Å². The molecule has 0 bridgehead atoms. The van der Waals surface area contributed by atoms with E-state index in [0.29, 0.717) is 27.5 Å². The molecule has 1 amide bonds. The highest BCUT2D eigenvalue weighted by Crippen LogP contribution is 2.22. The molecule has 1 heterocycles. The lowest BCUT2D eigenvalue weighted by Crippen LogP contribution is -2.14. The molecule has 7 heteroatoms. The maximum absolute atomic E-state index is 12.5. The average Bonchev–Trinajstić information content (AvgIpc) is 2.54. The highest BCUT2D eigenvalue weighted by molar-refractivity contribution is 6.31. The molecule has 0 fully saturated rings. The largest absolute Gasteiger partial charge is 0.322 e. The van der Waals surface area contributed by atoms with E-state index in [1.807, 2.05) is 0 Å². The lowest BCUT2D eigenvalue weighted by molar-refractivity contribution is -0.384. The van der Waals surface area contributed by atoms with Crippen LogP contribution >= 0.6 is 11.6 Å². The van der Waals surface area contributed by atoms with E-state index >= 15 is 0 Å². The molecule has 1 aromatic heterocycles. The molecule has 0 aliphatic heterocycles. The monoisotopic (exact) mass is 341 g/mol. The summed E-state index contributed by atoms with van der Waals surface area (Å²) in [4.78, 5) is 27.0. The van der Waals surface area contributed by atoms with Crippen LogP contribution in [0.1, 0.15) is 16.1 Å². The Morgan fingerprint density at radius 3 is 2.54 bits per heavy atom. The van der Waals surface area contributed by atoms with Gasteiger partial charge in [-0.3, -0.25) is 19.9 Å². The molecule has 1 N–H and O–H groups in total. The number of carbonyl (C=O) groups excluding carboxylic acids is 1. The fourth-order valence-electron chi connectivity index (χ4n) is 2.33. The van der Waals surface area contributed by atoms with Gasteiger partial charge in [0.15, 0.2) is 0 Å². The predicted molar refractivity (Wildman–Crippen MR) is 92.5 cm³/mol. The zero-order chi connectivity index (χ0) is 17.3. The summed E-state index contributed by atoms with van der Waals surface area (Å²) in [5.41, 5.74) is 2.16. The summed E-state index contributed by atoms with van der Waals surface area (Å²) in [7, 11) is 0. The Bertz CT molecular complexity index is 955. The van der Waals surface area contributed by atoms with Gasteiger partial charge in [0.2, 0.25) is 0 Å². The summed E-state index contributed by atoms with van der Waals surface area (Å²) >= 11 is 5.95. The summed E-state index contributed by atoms with van der Waals surface area (Å²) in [6, 6.07) is 12.7. The predicted octanol–water partition coefficient (Wildman–Crippen LogP) is 4.36. The number of fused-ring (bicyclic) bond motifs is 1.